The highest BCUT2D eigenvalue weighted by Gasteiger charge is 2.20. The Morgan fingerprint density at radius 1 is 1.24 bits per heavy atom. The molecule has 0 unspecified atom stereocenters. The number of morpholine rings is 1. The largest absolute Gasteiger partial charge is 0.497 e. The lowest BCUT2D eigenvalue weighted by atomic mass is 10.1. The highest BCUT2D eigenvalue weighted by molar-refractivity contribution is 6.01. The van der Waals surface area contributed by atoms with Gasteiger partial charge in [0.15, 0.2) is 0 Å². The van der Waals surface area contributed by atoms with Crippen molar-refractivity contribution in [3.05, 3.63) is 53.9 Å². The Hall–Kier alpha value is -3.04. The standard InChI is InChI=1S/C19H19N3O3/c1-24-18-4-2-17(3-5-18)22-7-6-15(14-22)12-16(13-20)19(23)21-8-10-25-11-9-21/h2-7,12,14H,8-11H2,1H3/b16-12+. The van der Waals surface area contributed by atoms with E-state index in [9.17, 15) is 10.1 Å². The number of benzene rings is 1. The van der Waals surface area contributed by atoms with Crippen molar-refractivity contribution >= 4 is 12.0 Å². The van der Waals surface area contributed by atoms with Crippen LogP contribution in [0, 0.1) is 11.3 Å². The van der Waals surface area contributed by atoms with E-state index in [1.807, 2.05) is 53.4 Å². The van der Waals surface area contributed by atoms with E-state index in [0.29, 0.717) is 26.3 Å². The predicted octanol–water partition coefficient (Wildman–Crippen LogP) is 2.25. The first-order valence-corrected chi connectivity index (χ1v) is 8.02. The lowest BCUT2D eigenvalue weighted by Crippen LogP contribution is -2.41. The zero-order chi connectivity index (χ0) is 17.6. The van der Waals surface area contributed by atoms with Crippen molar-refractivity contribution in [2.24, 2.45) is 0 Å². The second kappa shape index (κ2) is 7.69. The molecule has 0 spiro atoms. The molecule has 1 aromatic heterocycles. The Balaban J connectivity index is 1.78. The quantitative estimate of drug-likeness (QED) is 0.634. The smallest absolute Gasteiger partial charge is 0.264 e. The van der Waals surface area contributed by atoms with Gasteiger partial charge < -0.3 is 18.9 Å². The van der Waals surface area contributed by atoms with Crippen LogP contribution in [0.4, 0.5) is 0 Å². The molecule has 0 atom stereocenters. The molecular weight excluding hydrogens is 318 g/mol. The first kappa shape index (κ1) is 16.8. The van der Waals surface area contributed by atoms with Gasteiger partial charge in [-0.3, -0.25) is 4.79 Å². The van der Waals surface area contributed by atoms with Gasteiger partial charge in [-0.1, -0.05) is 0 Å². The normalized spacial score (nSPS) is 14.9. The highest BCUT2D eigenvalue weighted by Crippen LogP contribution is 2.18. The van der Waals surface area contributed by atoms with Crippen LogP contribution in [0.1, 0.15) is 5.56 Å². The van der Waals surface area contributed by atoms with E-state index in [1.54, 1.807) is 18.1 Å². The molecule has 0 saturated carbocycles. The maximum absolute atomic E-state index is 12.4. The molecule has 2 aromatic rings. The van der Waals surface area contributed by atoms with Gasteiger partial charge in [0.2, 0.25) is 0 Å². The molecule has 1 saturated heterocycles. The summed E-state index contributed by atoms with van der Waals surface area (Å²) in [6.07, 6.45) is 5.39. The number of hydrogen-bond acceptors (Lipinski definition) is 4. The monoisotopic (exact) mass is 337 g/mol. The molecule has 0 radical (unpaired) electrons. The minimum Gasteiger partial charge on any atom is -0.497 e. The lowest BCUT2D eigenvalue weighted by molar-refractivity contribution is -0.130. The molecule has 6 nitrogen and oxygen atoms in total. The third kappa shape index (κ3) is 3.90. The Bertz CT molecular complexity index is 809. The van der Waals surface area contributed by atoms with Gasteiger partial charge in [0.1, 0.15) is 17.4 Å². The van der Waals surface area contributed by atoms with Crippen LogP contribution >= 0.6 is 0 Å². The zero-order valence-corrected chi connectivity index (χ0v) is 14.0. The fourth-order valence-electron chi connectivity index (χ4n) is 2.66. The molecule has 3 rings (SSSR count). The number of aromatic nitrogens is 1. The Morgan fingerprint density at radius 2 is 1.96 bits per heavy atom. The van der Waals surface area contributed by atoms with Gasteiger partial charge in [0, 0.05) is 31.2 Å². The van der Waals surface area contributed by atoms with Gasteiger partial charge in [-0.2, -0.15) is 5.26 Å². The summed E-state index contributed by atoms with van der Waals surface area (Å²) in [5, 5.41) is 9.35. The average Bonchev–Trinajstić information content (AvgIpc) is 3.15. The number of rotatable bonds is 4. The molecule has 0 aliphatic carbocycles. The van der Waals surface area contributed by atoms with Crippen LogP contribution in [0.3, 0.4) is 0 Å². The first-order valence-electron chi connectivity index (χ1n) is 8.02. The van der Waals surface area contributed by atoms with E-state index < -0.39 is 0 Å². The van der Waals surface area contributed by atoms with Crippen LogP contribution in [0.15, 0.2) is 48.3 Å². The molecular formula is C19H19N3O3. The van der Waals surface area contributed by atoms with Crippen molar-refractivity contribution < 1.29 is 14.3 Å². The summed E-state index contributed by atoms with van der Waals surface area (Å²) >= 11 is 0. The van der Waals surface area contributed by atoms with E-state index in [4.69, 9.17) is 9.47 Å². The Morgan fingerprint density at radius 3 is 2.60 bits per heavy atom. The third-order valence-corrected chi connectivity index (χ3v) is 4.05. The van der Waals surface area contributed by atoms with Gasteiger partial charge in [0.05, 0.1) is 20.3 Å². The summed E-state index contributed by atoms with van der Waals surface area (Å²) < 4.78 is 12.3. The summed E-state index contributed by atoms with van der Waals surface area (Å²) in [5.41, 5.74) is 1.90. The van der Waals surface area contributed by atoms with Crippen LogP contribution in [-0.2, 0) is 9.53 Å². The second-order valence-electron chi connectivity index (χ2n) is 5.62. The van der Waals surface area contributed by atoms with E-state index in [-0.39, 0.29) is 11.5 Å². The molecule has 1 aliphatic rings. The average molecular weight is 337 g/mol. The van der Waals surface area contributed by atoms with E-state index in [1.165, 1.54) is 0 Å². The summed E-state index contributed by atoms with van der Waals surface area (Å²) in [5.74, 6) is 0.543. The van der Waals surface area contributed by atoms with Gasteiger partial charge in [-0.15, -0.1) is 0 Å². The summed E-state index contributed by atoms with van der Waals surface area (Å²) in [7, 11) is 1.63. The Labute approximate surface area is 146 Å². The number of methoxy groups -OCH3 is 1. The van der Waals surface area contributed by atoms with E-state index in [0.717, 1.165) is 17.0 Å². The van der Waals surface area contributed by atoms with Crippen LogP contribution in [-0.4, -0.2) is 48.8 Å². The first-order chi connectivity index (χ1) is 12.2. The van der Waals surface area contributed by atoms with Crippen molar-refractivity contribution in [1.29, 1.82) is 5.26 Å². The molecule has 2 heterocycles. The molecule has 1 aromatic carbocycles. The maximum atomic E-state index is 12.4. The number of nitriles is 1. The molecule has 1 aliphatic heterocycles. The van der Waals surface area contributed by atoms with Gasteiger partial charge in [0.25, 0.3) is 5.91 Å². The van der Waals surface area contributed by atoms with E-state index >= 15 is 0 Å². The topological polar surface area (TPSA) is 67.5 Å². The second-order valence-corrected chi connectivity index (χ2v) is 5.62. The SMILES string of the molecule is COc1ccc(-n2ccc(/C=C(\C#N)C(=O)N3CCOCC3)c2)cc1. The van der Waals surface area contributed by atoms with Gasteiger partial charge in [-0.25, -0.2) is 0 Å². The molecule has 0 N–H and O–H groups in total. The lowest BCUT2D eigenvalue weighted by Gasteiger charge is -2.26. The van der Waals surface area contributed by atoms with Gasteiger partial charge in [-0.05, 0) is 42.0 Å². The van der Waals surface area contributed by atoms with Crippen molar-refractivity contribution in [3.8, 4) is 17.5 Å². The number of carbonyl (C=O) groups excluding carboxylic acids is 1. The number of carbonyl (C=O) groups is 1. The summed E-state index contributed by atoms with van der Waals surface area (Å²) in [4.78, 5) is 14.1. The maximum Gasteiger partial charge on any atom is 0.264 e. The molecule has 1 fully saturated rings. The molecule has 6 heteroatoms. The summed E-state index contributed by atoms with van der Waals surface area (Å²) in [6.45, 7) is 2.06. The molecule has 1 amide bonds. The van der Waals surface area contributed by atoms with Crippen molar-refractivity contribution in [3.63, 3.8) is 0 Å². The van der Waals surface area contributed by atoms with E-state index in [2.05, 4.69) is 0 Å². The van der Waals surface area contributed by atoms with Crippen molar-refractivity contribution in [2.45, 2.75) is 0 Å². The zero-order valence-electron chi connectivity index (χ0n) is 14.0. The van der Waals surface area contributed by atoms with Crippen LogP contribution in [0.2, 0.25) is 0 Å². The molecule has 0 bridgehead atoms. The molecule has 128 valence electrons. The van der Waals surface area contributed by atoms with Crippen molar-refractivity contribution in [1.82, 2.24) is 9.47 Å². The number of amides is 1. The summed E-state index contributed by atoms with van der Waals surface area (Å²) in [6, 6.07) is 11.5. The predicted molar refractivity (Wildman–Crippen MR) is 93.3 cm³/mol. The fourth-order valence-corrected chi connectivity index (χ4v) is 2.66. The van der Waals surface area contributed by atoms with Crippen LogP contribution in [0.5, 0.6) is 5.75 Å². The fraction of sp³-hybridized carbons (Fsp3) is 0.263. The Kier molecular flexibility index (Phi) is 5.17. The van der Waals surface area contributed by atoms with Gasteiger partial charge >= 0.3 is 0 Å². The molecule has 25 heavy (non-hydrogen) atoms. The number of hydrogen-bond donors (Lipinski definition) is 0. The van der Waals surface area contributed by atoms with Crippen LogP contribution < -0.4 is 4.74 Å². The minimum absolute atomic E-state index is 0.134. The minimum atomic E-state index is -0.247. The third-order valence-electron chi connectivity index (χ3n) is 4.05. The number of nitrogens with zero attached hydrogens (tertiary/aromatic N) is 3. The van der Waals surface area contributed by atoms with Crippen molar-refractivity contribution in [2.75, 3.05) is 33.4 Å². The highest BCUT2D eigenvalue weighted by atomic mass is 16.5. The van der Waals surface area contributed by atoms with Crippen LogP contribution in [0.25, 0.3) is 11.8 Å². The number of ether oxygens (including phenoxy) is 2.